The Labute approximate surface area is 176 Å². The first-order valence-electron chi connectivity index (χ1n) is 9.85. The number of nitrogens with one attached hydrogen (secondary N) is 1. The minimum Gasteiger partial charge on any atom is -0.360 e. The third-order valence-electron chi connectivity index (χ3n) is 5.29. The number of ketones is 1. The molecule has 4 heterocycles. The van der Waals surface area contributed by atoms with Crippen molar-refractivity contribution in [3.05, 3.63) is 75.4 Å². The van der Waals surface area contributed by atoms with Gasteiger partial charge in [-0.2, -0.15) is 0 Å². The van der Waals surface area contributed by atoms with E-state index in [0.29, 0.717) is 17.9 Å². The highest BCUT2D eigenvalue weighted by Gasteiger charge is 2.23. The van der Waals surface area contributed by atoms with Gasteiger partial charge >= 0.3 is 0 Å². The molecular weight excluding hydrogens is 396 g/mol. The molecule has 0 unspecified atom stereocenters. The zero-order valence-corrected chi connectivity index (χ0v) is 16.9. The van der Waals surface area contributed by atoms with Crippen LogP contribution in [0, 0.1) is 6.92 Å². The van der Waals surface area contributed by atoms with Crippen LogP contribution in [0.15, 0.2) is 51.1 Å². The fourth-order valence-corrected chi connectivity index (χ4v) is 3.68. The Balaban J connectivity index is 1.34. The third-order valence-corrected chi connectivity index (χ3v) is 5.29. The highest BCUT2D eigenvalue weighted by atomic mass is 16.5. The van der Waals surface area contributed by atoms with Crippen LogP contribution in [0.3, 0.4) is 0 Å². The highest BCUT2D eigenvalue weighted by molar-refractivity contribution is 6.05. The second-order valence-electron chi connectivity index (χ2n) is 7.68. The van der Waals surface area contributed by atoms with Crippen molar-refractivity contribution in [2.45, 2.75) is 32.6 Å². The molecule has 0 saturated carbocycles. The van der Waals surface area contributed by atoms with Gasteiger partial charge in [0.25, 0.3) is 5.56 Å². The van der Waals surface area contributed by atoms with Crippen molar-refractivity contribution in [3.8, 4) is 0 Å². The SMILES string of the molecule is Cc1ccc2c(c1)CC(c1cc([C@@H](C)CC(=O)c3ncnc4[nH]c(=O)cnc34)on1)=N2. The Hall–Kier alpha value is -4.01. The molecule has 5 rings (SSSR count). The van der Waals surface area contributed by atoms with Crippen LogP contribution in [0.25, 0.3) is 11.2 Å². The summed E-state index contributed by atoms with van der Waals surface area (Å²) in [6.07, 6.45) is 3.19. The number of aryl methyl sites for hydroxylation is 1. The summed E-state index contributed by atoms with van der Waals surface area (Å²) in [6.45, 7) is 3.94. The molecule has 1 atom stereocenters. The molecule has 0 radical (unpaired) electrons. The summed E-state index contributed by atoms with van der Waals surface area (Å²) in [4.78, 5) is 43.6. The number of aromatic amines is 1. The number of aromatic nitrogens is 5. The van der Waals surface area contributed by atoms with E-state index >= 15 is 0 Å². The Morgan fingerprint density at radius 2 is 2.10 bits per heavy atom. The Morgan fingerprint density at radius 3 is 2.97 bits per heavy atom. The van der Waals surface area contributed by atoms with Crippen molar-refractivity contribution in [1.29, 1.82) is 0 Å². The first-order valence-corrected chi connectivity index (χ1v) is 9.85. The van der Waals surface area contributed by atoms with Crippen LogP contribution in [0.5, 0.6) is 0 Å². The van der Waals surface area contributed by atoms with Gasteiger partial charge in [-0.05, 0) is 18.6 Å². The number of benzene rings is 1. The number of hydrogen-bond acceptors (Lipinski definition) is 8. The number of hydrogen-bond donors (Lipinski definition) is 1. The average Bonchev–Trinajstić information content (AvgIpc) is 3.39. The minimum atomic E-state index is -0.390. The van der Waals surface area contributed by atoms with Crippen molar-refractivity contribution in [3.63, 3.8) is 0 Å². The molecule has 1 aliphatic rings. The van der Waals surface area contributed by atoms with Crippen LogP contribution < -0.4 is 5.56 Å². The lowest BCUT2D eigenvalue weighted by Gasteiger charge is -2.07. The maximum absolute atomic E-state index is 12.9. The smallest absolute Gasteiger partial charge is 0.268 e. The molecule has 0 amide bonds. The highest BCUT2D eigenvalue weighted by Crippen LogP contribution is 2.30. The van der Waals surface area contributed by atoms with E-state index in [9.17, 15) is 9.59 Å². The van der Waals surface area contributed by atoms with Gasteiger partial charge in [0.2, 0.25) is 0 Å². The monoisotopic (exact) mass is 414 g/mol. The topological polar surface area (TPSA) is 127 Å². The van der Waals surface area contributed by atoms with Gasteiger partial charge in [-0.1, -0.05) is 29.8 Å². The summed E-state index contributed by atoms with van der Waals surface area (Å²) < 4.78 is 5.52. The van der Waals surface area contributed by atoms with E-state index in [1.807, 2.05) is 25.1 Å². The van der Waals surface area contributed by atoms with Crippen molar-refractivity contribution < 1.29 is 9.32 Å². The van der Waals surface area contributed by atoms with Crippen LogP contribution in [-0.4, -0.2) is 36.6 Å². The maximum Gasteiger partial charge on any atom is 0.268 e. The van der Waals surface area contributed by atoms with Crippen LogP contribution in [0.1, 0.15) is 52.3 Å². The number of rotatable bonds is 5. The van der Waals surface area contributed by atoms with Gasteiger partial charge in [0.05, 0.1) is 17.6 Å². The van der Waals surface area contributed by atoms with Gasteiger partial charge in [0, 0.05) is 24.8 Å². The molecule has 4 aromatic rings. The van der Waals surface area contributed by atoms with Gasteiger partial charge in [-0.25, -0.2) is 15.0 Å². The Morgan fingerprint density at radius 1 is 1.23 bits per heavy atom. The molecule has 1 aromatic carbocycles. The number of Topliss-reactive ketones (excluding diaryl/α,β-unsaturated/α-hetero) is 1. The lowest BCUT2D eigenvalue weighted by Crippen LogP contribution is -2.12. The predicted octanol–water partition coefficient (Wildman–Crippen LogP) is 3.06. The zero-order chi connectivity index (χ0) is 21.5. The van der Waals surface area contributed by atoms with Crippen molar-refractivity contribution >= 4 is 28.3 Å². The molecular formula is C22H18N6O3. The van der Waals surface area contributed by atoms with E-state index in [4.69, 9.17) is 4.52 Å². The van der Waals surface area contributed by atoms with Crippen molar-refractivity contribution in [2.75, 3.05) is 0 Å². The number of nitrogens with zero attached hydrogens (tertiary/aromatic N) is 5. The predicted molar refractivity (Wildman–Crippen MR) is 113 cm³/mol. The van der Waals surface area contributed by atoms with Crippen molar-refractivity contribution in [1.82, 2.24) is 25.1 Å². The normalized spacial score (nSPS) is 13.8. The summed E-state index contributed by atoms with van der Waals surface area (Å²) in [7, 11) is 0. The van der Waals surface area contributed by atoms with Gasteiger partial charge < -0.3 is 9.51 Å². The van der Waals surface area contributed by atoms with E-state index in [2.05, 4.69) is 43.1 Å². The van der Waals surface area contributed by atoms with E-state index < -0.39 is 0 Å². The fraction of sp³-hybridized carbons (Fsp3) is 0.227. The van der Waals surface area contributed by atoms with E-state index in [-0.39, 0.29) is 40.5 Å². The summed E-state index contributed by atoms with van der Waals surface area (Å²) in [6, 6.07) is 8.01. The molecule has 3 aromatic heterocycles. The average molecular weight is 414 g/mol. The molecule has 9 heteroatoms. The molecule has 1 aliphatic heterocycles. The molecule has 154 valence electrons. The first kappa shape index (κ1) is 19.0. The van der Waals surface area contributed by atoms with Crippen LogP contribution in [-0.2, 0) is 6.42 Å². The number of aliphatic imine (C=N–C) groups is 1. The summed E-state index contributed by atoms with van der Waals surface area (Å²) >= 11 is 0. The molecule has 0 aliphatic carbocycles. The van der Waals surface area contributed by atoms with E-state index in [1.54, 1.807) is 0 Å². The molecule has 0 saturated heterocycles. The van der Waals surface area contributed by atoms with Gasteiger partial charge in [-0.15, -0.1) is 0 Å². The van der Waals surface area contributed by atoms with E-state index in [1.165, 1.54) is 17.5 Å². The summed E-state index contributed by atoms with van der Waals surface area (Å²) in [5, 5.41) is 4.17. The number of carbonyl (C=O) groups is 1. The molecule has 0 bridgehead atoms. The van der Waals surface area contributed by atoms with Crippen LogP contribution in [0.2, 0.25) is 0 Å². The lowest BCUT2D eigenvalue weighted by molar-refractivity contribution is 0.0968. The zero-order valence-electron chi connectivity index (χ0n) is 16.9. The van der Waals surface area contributed by atoms with Crippen LogP contribution >= 0.6 is 0 Å². The molecule has 0 spiro atoms. The second kappa shape index (κ2) is 7.35. The standard InChI is InChI=1S/C22H18N6O3/c1-11-3-4-14-13(5-11)7-15(26-14)16-8-18(31-28-16)12(2)6-17(29)20-21-22(25-10-24-20)27-19(30)9-23-21/h3-5,8-10,12H,6-7H2,1-2H3,(H,24,25,27,30)/t12-/m0/s1. The Bertz CT molecular complexity index is 1420. The van der Waals surface area contributed by atoms with Gasteiger partial charge in [-0.3, -0.25) is 14.6 Å². The largest absolute Gasteiger partial charge is 0.360 e. The number of fused-ring (bicyclic) bond motifs is 2. The third kappa shape index (κ3) is 3.54. The number of H-pyrrole nitrogens is 1. The minimum absolute atomic E-state index is 0.146. The lowest BCUT2D eigenvalue weighted by atomic mass is 9.99. The Kier molecular flexibility index (Phi) is 4.50. The summed E-state index contributed by atoms with van der Waals surface area (Å²) in [5.41, 5.74) is 5.12. The summed E-state index contributed by atoms with van der Waals surface area (Å²) in [5.74, 6) is 0.143. The van der Waals surface area contributed by atoms with E-state index in [0.717, 1.165) is 17.6 Å². The quantitative estimate of drug-likeness (QED) is 0.497. The molecule has 0 fully saturated rings. The molecule has 1 N–H and O–H groups in total. The van der Waals surface area contributed by atoms with Gasteiger partial charge in [0.15, 0.2) is 11.4 Å². The van der Waals surface area contributed by atoms with Gasteiger partial charge in [0.1, 0.15) is 29.0 Å². The maximum atomic E-state index is 12.9. The second-order valence-corrected chi connectivity index (χ2v) is 7.68. The van der Waals surface area contributed by atoms with Crippen LogP contribution in [0.4, 0.5) is 5.69 Å². The molecule has 31 heavy (non-hydrogen) atoms. The van der Waals surface area contributed by atoms with Crippen molar-refractivity contribution in [2.24, 2.45) is 4.99 Å². The fourth-order valence-electron chi connectivity index (χ4n) is 3.68. The molecule has 9 nitrogen and oxygen atoms in total. The first-order chi connectivity index (χ1) is 15.0. The number of carbonyl (C=O) groups excluding carboxylic acids is 1.